The van der Waals surface area contributed by atoms with Crippen molar-refractivity contribution in [1.82, 2.24) is 15.0 Å². The number of hydrogen-bond acceptors (Lipinski definition) is 4. The fourth-order valence-corrected chi connectivity index (χ4v) is 8.72. The van der Waals surface area contributed by atoms with Crippen LogP contribution >= 0.6 is 0 Å². The molecule has 1 radical (unpaired) electrons. The molecule has 0 saturated heterocycles. The summed E-state index contributed by atoms with van der Waals surface area (Å²) in [5.74, 6) is 5.81. The predicted molar refractivity (Wildman–Crippen MR) is 189 cm³/mol. The second-order valence-corrected chi connectivity index (χ2v) is 22.9. The summed E-state index contributed by atoms with van der Waals surface area (Å²) in [6.07, 6.45) is 3.56. The molecule has 0 fully saturated rings. The Labute approximate surface area is 297 Å². The Hall–Kier alpha value is -3.97. The van der Waals surface area contributed by atoms with Crippen LogP contribution < -0.4 is 4.40 Å². The number of aryl methyl sites for hydroxylation is 1. The van der Waals surface area contributed by atoms with Gasteiger partial charge >= 0.3 is 120 Å². The number of nitrogens with zero attached hydrogens (tertiary/aromatic N) is 3. The summed E-state index contributed by atoms with van der Waals surface area (Å²) in [5, 5.41) is 1.40. The number of pyridine rings is 3. The van der Waals surface area contributed by atoms with Crippen LogP contribution in [0.25, 0.3) is 55.7 Å². The first kappa shape index (κ1) is 29.2. The molecular weight excluding hydrogens is 822 g/mol. The molecule has 3 aromatic carbocycles. The van der Waals surface area contributed by atoms with Gasteiger partial charge in [0.05, 0.1) is 5.58 Å². The Balaban J connectivity index is 0.000000211. The summed E-state index contributed by atoms with van der Waals surface area (Å²) in [5.41, 5.74) is 6.03. The second kappa shape index (κ2) is 14.4. The topological polar surface area (TPSA) is 51.8 Å². The van der Waals surface area contributed by atoms with Crippen molar-refractivity contribution >= 4 is 39.7 Å². The number of hydrogen-bond donors (Lipinski definition) is 0. The van der Waals surface area contributed by atoms with E-state index >= 15 is 0 Å². The molecule has 0 bridgehead atoms. The van der Waals surface area contributed by atoms with E-state index in [2.05, 4.69) is 50.4 Å². The van der Waals surface area contributed by atoms with Crippen LogP contribution in [-0.4, -0.2) is 28.2 Å². The molecule has 239 valence electrons. The average Bonchev–Trinajstić information content (AvgIpc) is 3.45. The molecule has 0 spiro atoms. The van der Waals surface area contributed by atoms with Gasteiger partial charge in [0.25, 0.3) is 0 Å². The summed E-state index contributed by atoms with van der Waals surface area (Å²) in [7, 11) is 0. The molecule has 0 aliphatic rings. The Bertz CT molecular complexity index is 2300. The SMILES string of the molecule is [2H]C(C)(C)c1cc(-c2[c-]cccc2)nc[c]1[Ge]([CH3])([CH3])[CH3].[2H]C([2H])([2H])c1cc(-c2[c-]ccc3c2oc2nc(F)ccc23)ncc1-c1ccccc1.[Ir]. The normalized spacial score (nSPS) is 13.1. The van der Waals surface area contributed by atoms with E-state index in [0.29, 0.717) is 27.8 Å². The first-order chi connectivity index (χ1) is 23.6. The van der Waals surface area contributed by atoms with Gasteiger partial charge in [0.1, 0.15) is 0 Å². The molecule has 7 aromatic rings. The van der Waals surface area contributed by atoms with Crippen LogP contribution in [0.3, 0.4) is 0 Å². The summed E-state index contributed by atoms with van der Waals surface area (Å²) >= 11 is -2.03. The quantitative estimate of drug-likeness (QED) is 0.0983. The summed E-state index contributed by atoms with van der Waals surface area (Å²) in [6, 6.07) is 33.4. The minimum absolute atomic E-state index is 0. The van der Waals surface area contributed by atoms with Crippen molar-refractivity contribution in [2.45, 2.75) is 43.9 Å². The van der Waals surface area contributed by atoms with Crippen molar-refractivity contribution in [2.24, 2.45) is 0 Å². The Kier molecular flexibility index (Phi) is 8.96. The van der Waals surface area contributed by atoms with Gasteiger partial charge in [-0.15, -0.1) is 18.2 Å². The van der Waals surface area contributed by atoms with Crippen LogP contribution in [0.15, 0.2) is 108 Å². The fraction of sp³-hybridized carbons (Fsp3) is 0.175. The molecule has 0 N–H and O–H groups in total. The fourth-order valence-electron chi connectivity index (χ4n) is 5.40. The first-order valence-corrected chi connectivity index (χ1v) is 22.4. The van der Waals surface area contributed by atoms with Gasteiger partial charge in [-0.1, -0.05) is 47.3 Å². The minimum Gasteiger partial charge on any atom is -0.486 e. The van der Waals surface area contributed by atoms with Gasteiger partial charge in [0, 0.05) is 41.4 Å². The van der Waals surface area contributed by atoms with Gasteiger partial charge in [0.15, 0.2) is 0 Å². The van der Waals surface area contributed by atoms with E-state index in [-0.39, 0.29) is 31.4 Å². The molecular formula is C40H36FGeIrN3O-2. The molecule has 4 heterocycles. The van der Waals surface area contributed by atoms with Gasteiger partial charge < -0.3 is 9.40 Å². The Morgan fingerprint density at radius 2 is 1.62 bits per heavy atom. The predicted octanol–water partition coefficient (Wildman–Crippen LogP) is 10.2. The van der Waals surface area contributed by atoms with Crippen LogP contribution in [-0.2, 0) is 20.1 Å². The Morgan fingerprint density at radius 1 is 0.851 bits per heavy atom. The second-order valence-electron chi connectivity index (χ2n) is 12.3. The monoisotopic (exact) mass is 864 g/mol. The zero-order chi connectivity index (χ0) is 35.8. The maximum Gasteiger partial charge on any atom is 0.218 e. The standard InChI is InChI=1S/C23H14FN2O.C17H22GeN.Ir/c1-14-12-20(25-13-19(14)15-6-3-2-4-7-15)18-9-5-8-16-17-10-11-21(24)26-23(17)27-22(16)18;1-13(2)15-11-17(14-9-7-6-8-10-14)19-12-16(15)18(3,4)5;/h2-8,10-13H,1H3;6-9,11-13H,1-5H3;/q2*-1;/i1D3;13D;. The van der Waals surface area contributed by atoms with Gasteiger partial charge in [-0.05, 0) is 35.8 Å². The number of benzene rings is 3. The van der Waals surface area contributed by atoms with E-state index < -0.39 is 32.0 Å². The van der Waals surface area contributed by atoms with Gasteiger partial charge in [-0.3, -0.25) is 0 Å². The van der Waals surface area contributed by atoms with Gasteiger partial charge in [-0.2, -0.15) is 9.37 Å². The molecule has 0 atom stereocenters. The number of halogens is 1. The molecule has 4 aromatic heterocycles. The summed E-state index contributed by atoms with van der Waals surface area (Å²) in [4.78, 5) is 12.9. The van der Waals surface area contributed by atoms with E-state index in [9.17, 15) is 4.39 Å². The van der Waals surface area contributed by atoms with Gasteiger partial charge in [0.2, 0.25) is 11.7 Å². The average molecular weight is 863 g/mol. The number of aromatic nitrogens is 3. The van der Waals surface area contributed by atoms with Crippen molar-refractivity contribution in [3.05, 3.63) is 133 Å². The van der Waals surface area contributed by atoms with E-state index in [1.54, 1.807) is 30.5 Å². The smallest absolute Gasteiger partial charge is 0.218 e. The number of fused-ring (bicyclic) bond motifs is 3. The zero-order valence-electron chi connectivity index (χ0n) is 30.8. The van der Waals surface area contributed by atoms with E-state index in [0.717, 1.165) is 27.8 Å². The summed E-state index contributed by atoms with van der Waals surface area (Å²) < 4.78 is 53.1. The third-order valence-electron chi connectivity index (χ3n) is 7.75. The van der Waals surface area contributed by atoms with Crippen LogP contribution in [0.4, 0.5) is 4.39 Å². The number of rotatable bonds is 5. The van der Waals surface area contributed by atoms with Crippen molar-refractivity contribution < 1.29 is 34.4 Å². The molecule has 0 aliphatic carbocycles. The van der Waals surface area contributed by atoms with E-state index in [1.807, 2.05) is 74.6 Å². The first-order valence-electron chi connectivity index (χ1n) is 17.0. The maximum absolute atomic E-state index is 13.5. The van der Waals surface area contributed by atoms with E-state index in [1.165, 1.54) is 10.5 Å². The molecule has 0 unspecified atom stereocenters. The van der Waals surface area contributed by atoms with Crippen LogP contribution in [0, 0.1) is 24.9 Å². The molecule has 7 rings (SSSR count). The maximum atomic E-state index is 13.5. The zero-order valence-corrected chi connectivity index (χ0v) is 31.3. The van der Waals surface area contributed by atoms with Crippen molar-refractivity contribution in [3.63, 3.8) is 0 Å². The van der Waals surface area contributed by atoms with Crippen LogP contribution in [0.5, 0.6) is 0 Å². The summed E-state index contributed by atoms with van der Waals surface area (Å²) in [6.45, 7) is 1.58. The van der Waals surface area contributed by atoms with Crippen LogP contribution in [0.1, 0.15) is 36.4 Å². The third-order valence-corrected chi connectivity index (χ3v) is 12.0. The van der Waals surface area contributed by atoms with Gasteiger partial charge in [-0.25, -0.2) is 0 Å². The van der Waals surface area contributed by atoms with Crippen LogP contribution in [0.2, 0.25) is 17.3 Å². The third kappa shape index (κ3) is 7.46. The molecule has 0 amide bonds. The Morgan fingerprint density at radius 3 is 2.32 bits per heavy atom. The molecule has 0 aliphatic heterocycles. The minimum atomic E-state index is -2.34. The molecule has 47 heavy (non-hydrogen) atoms. The molecule has 0 saturated carbocycles. The van der Waals surface area contributed by atoms with Crippen molar-refractivity contribution in [1.29, 1.82) is 0 Å². The largest absolute Gasteiger partial charge is 0.486 e. The van der Waals surface area contributed by atoms with Crippen molar-refractivity contribution in [3.8, 4) is 33.6 Å². The molecule has 7 heteroatoms. The van der Waals surface area contributed by atoms with Crippen molar-refractivity contribution in [2.75, 3.05) is 0 Å². The molecule has 4 nitrogen and oxygen atoms in total. The van der Waals surface area contributed by atoms with E-state index in [4.69, 9.17) is 9.90 Å². The number of furan rings is 1.